The van der Waals surface area contributed by atoms with Crippen molar-refractivity contribution >= 4 is 11.9 Å². The number of rotatable bonds is 4. The number of hydrogen-bond donors (Lipinski definition) is 1. The Balaban J connectivity index is 1.58. The molecule has 0 radical (unpaired) electrons. The molecule has 6 heteroatoms. The summed E-state index contributed by atoms with van der Waals surface area (Å²) in [6.07, 6.45) is 2.30. The van der Waals surface area contributed by atoms with Gasteiger partial charge in [-0.25, -0.2) is 4.39 Å². The number of amides is 1. The van der Waals surface area contributed by atoms with Gasteiger partial charge in [0.2, 0.25) is 0 Å². The van der Waals surface area contributed by atoms with Gasteiger partial charge in [-0.2, -0.15) is 0 Å². The third-order valence-corrected chi connectivity index (χ3v) is 6.44. The van der Waals surface area contributed by atoms with Crippen molar-refractivity contribution in [3.63, 3.8) is 0 Å². The summed E-state index contributed by atoms with van der Waals surface area (Å²) in [4.78, 5) is 25.8. The smallest absolute Gasteiger partial charge is 0.303 e. The zero-order chi connectivity index (χ0) is 20.6. The van der Waals surface area contributed by atoms with Crippen LogP contribution < -0.4 is 4.74 Å². The van der Waals surface area contributed by atoms with E-state index in [2.05, 4.69) is 0 Å². The van der Waals surface area contributed by atoms with E-state index in [1.807, 2.05) is 18.2 Å². The van der Waals surface area contributed by atoms with E-state index in [4.69, 9.17) is 4.74 Å². The number of halogens is 1. The van der Waals surface area contributed by atoms with E-state index in [-0.39, 0.29) is 29.2 Å². The lowest BCUT2D eigenvalue weighted by molar-refractivity contribution is -0.137. The van der Waals surface area contributed by atoms with E-state index in [9.17, 15) is 19.1 Å². The molecule has 1 heterocycles. The van der Waals surface area contributed by atoms with Crippen LogP contribution in [-0.4, -0.2) is 42.1 Å². The van der Waals surface area contributed by atoms with Gasteiger partial charge in [-0.3, -0.25) is 9.59 Å². The van der Waals surface area contributed by atoms with E-state index in [1.165, 1.54) is 12.1 Å². The van der Waals surface area contributed by atoms with Crippen molar-refractivity contribution in [2.45, 2.75) is 37.0 Å². The first-order valence-corrected chi connectivity index (χ1v) is 9.87. The van der Waals surface area contributed by atoms with Gasteiger partial charge < -0.3 is 14.7 Å². The zero-order valence-corrected chi connectivity index (χ0v) is 16.4. The highest BCUT2D eigenvalue weighted by atomic mass is 19.1. The zero-order valence-electron chi connectivity index (χ0n) is 16.4. The van der Waals surface area contributed by atoms with Crippen molar-refractivity contribution in [3.8, 4) is 5.75 Å². The Bertz CT molecular complexity index is 950. The van der Waals surface area contributed by atoms with Crippen LogP contribution in [0.5, 0.6) is 5.75 Å². The van der Waals surface area contributed by atoms with Crippen molar-refractivity contribution in [1.82, 2.24) is 4.90 Å². The van der Waals surface area contributed by atoms with Crippen LogP contribution >= 0.6 is 0 Å². The number of aliphatic carboxylic acids is 1. The summed E-state index contributed by atoms with van der Waals surface area (Å²) in [7, 11) is 1.62. The first kappa shape index (κ1) is 19.4. The third kappa shape index (κ3) is 3.48. The molecular weight excluding hydrogens is 373 g/mol. The van der Waals surface area contributed by atoms with E-state index in [0.717, 1.165) is 36.1 Å². The van der Waals surface area contributed by atoms with Gasteiger partial charge in [0, 0.05) is 13.1 Å². The Hall–Kier alpha value is -2.89. The standard InChI is InChI=1S/C23H24FNO4/c1-29-16-6-7-17-15(12-21(26)27)14-23(19(17)13-16)8-10-25(11-9-23)22(28)18-4-2-3-5-20(18)24/h2-7,13,15H,8-12,14H2,1H3,(H,26,27)/t15-/m0/s1. The van der Waals surface area contributed by atoms with E-state index >= 15 is 0 Å². The second-order valence-electron chi connectivity index (χ2n) is 8.00. The number of benzene rings is 2. The van der Waals surface area contributed by atoms with Gasteiger partial charge in [-0.1, -0.05) is 18.2 Å². The molecule has 0 unspecified atom stereocenters. The minimum absolute atomic E-state index is 0.0396. The largest absolute Gasteiger partial charge is 0.497 e. The third-order valence-electron chi connectivity index (χ3n) is 6.44. The van der Waals surface area contributed by atoms with Crippen molar-refractivity contribution in [2.75, 3.05) is 20.2 Å². The van der Waals surface area contributed by atoms with Gasteiger partial charge in [0.1, 0.15) is 11.6 Å². The molecule has 2 aliphatic rings. The molecule has 0 saturated carbocycles. The molecule has 0 bridgehead atoms. The van der Waals surface area contributed by atoms with Crippen molar-refractivity contribution < 1.29 is 23.8 Å². The Kier molecular flexibility index (Phi) is 5.03. The molecule has 1 amide bonds. The van der Waals surface area contributed by atoms with Gasteiger partial charge in [-0.15, -0.1) is 0 Å². The number of likely N-dealkylation sites (tertiary alicyclic amines) is 1. The molecular formula is C23H24FNO4. The normalized spacial score (nSPS) is 19.8. The summed E-state index contributed by atoms with van der Waals surface area (Å²) < 4.78 is 19.4. The molecule has 5 nitrogen and oxygen atoms in total. The number of carbonyl (C=O) groups excluding carboxylic acids is 1. The minimum Gasteiger partial charge on any atom is -0.497 e. The second-order valence-corrected chi connectivity index (χ2v) is 8.00. The number of piperidine rings is 1. The maximum atomic E-state index is 14.0. The Morgan fingerprint density at radius 1 is 1.21 bits per heavy atom. The summed E-state index contributed by atoms with van der Waals surface area (Å²) in [6, 6.07) is 11.9. The first-order valence-electron chi connectivity index (χ1n) is 9.87. The van der Waals surface area contributed by atoms with Gasteiger partial charge in [0.15, 0.2) is 0 Å². The number of methoxy groups -OCH3 is 1. The number of carbonyl (C=O) groups is 2. The molecule has 1 atom stereocenters. The highest BCUT2D eigenvalue weighted by molar-refractivity contribution is 5.94. The highest BCUT2D eigenvalue weighted by Crippen LogP contribution is 2.53. The van der Waals surface area contributed by atoms with Crippen LogP contribution in [0.25, 0.3) is 0 Å². The SMILES string of the molecule is COc1ccc2c(c1)C1(CCN(C(=O)c3ccccc3F)CC1)C[C@@H]2CC(=O)O. The van der Waals surface area contributed by atoms with Crippen LogP contribution in [0.15, 0.2) is 42.5 Å². The number of ether oxygens (including phenoxy) is 1. The Morgan fingerprint density at radius 3 is 2.59 bits per heavy atom. The van der Waals surface area contributed by atoms with Crippen LogP contribution in [0.3, 0.4) is 0 Å². The molecule has 1 aliphatic heterocycles. The lowest BCUT2D eigenvalue weighted by Crippen LogP contribution is -2.44. The molecule has 2 aromatic carbocycles. The van der Waals surface area contributed by atoms with Crippen molar-refractivity contribution in [3.05, 3.63) is 65.0 Å². The fourth-order valence-electron chi connectivity index (χ4n) is 4.98. The fraction of sp³-hybridized carbons (Fsp3) is 0.391. The number of fused-ring (bicyclic) bond motifs is 2. The summed E-state index contributed by atoms with van der Waals surface area (Å²) >= 11 is 0. The molecule has 4 rings (SSSR count). The molecule has 1 N–H and O–H groups in total. The number of nitrogens with zero attached hydrogens (tertiary/aromatic N) is 1. The Morgan fingerprint density at radius 2 is 1.93 bits per heavy atom. The maximum absolute atomic E-state index is 14.0. The average molecular weight is 397 g/mol. The fourth-order valence-corrected chi connectivity index (χ4v) is 4.98. The Labute approximate surface area is 169 Å². The topological polar surface area (TPSA) is 66.8 Å². The summed E-state index contributed by atoms with van der Waals surface area (Å²) in [5.41, 5.74) is 2.14. The number of hydrogen-bond acceptors (Lipinski definition) is 3. The predicted octanol–water partition coefficient (Wildman–Crippen LogP) is 3.97. The molecule has 1 fully saturated rings. The molecule has 1 spiro atoms. The monoisotopic (exact) mass is 397 g/mol. The minimum atomic E-state index is -0.805. The van der Waals surface area contributed by atoms with E-state index in [1.54, 1.807) is 24.1 Å². The number of carboxylic acid groups (broad SMARTS) is 1. The van der Waals surface area contributed by atoms with Crippen LogP contribution in [0.1, 0.15) is 53.1 Å². The van der Waals surface area contributed by atoms with E-state index < -0.39 is 11.8 Å². The quantitative estimate of drug-likeness (QED) is 0.848. The van der Waals surface area contributed by atoms with Crippen LogP contribution in [0.4, 0.5) is 4.39 Å². The summed E-state index contributed by atoms with van der Waals surface area (Å²) in [5, 5.41) is 9.34. The van der Waals surface area contributed by atoms with E-state index in [0.29, 0.717) is 13.1 Å². The first-order chi connectivity index (χ1) is 13.9. The molecule has 152 valence electrons. The summed E-state index contributed by atoms with van der Waals surface area (Å²) in [6.45, 7) is 1.03. The van der Waals surface area contributed by atoms with Crippen molar-refractivity contribution in [1.29, 1.82) is 0 Å². The predicted molar refractivity (Wildman–Crippen MR) is 106 cm³/mol. The summed E-state index contributed by atoms with van der Waals surface area (Å²) in [5.74, 6) is -0.883. The second kappa shape index (κ2) is 7.50. The molecule has 29 heavy (non-hydrogen) atoms. The lowest BCUT2D eigenvalue weighted by atomic mass is 9.73. The van der Waals surface area contributed by atoms with Crippen LogP contribution in [-0.2, 0) is 10.2 Å². The molecule has 1 aliphatic carbocycles. The number of carboxylic acids is 1. The van der Waals surface area contributed by atoms with Gasteiger partial charge >= 0.3 is 5.97 Å². The average Bonchev–Trinajstić information content (AvgIpc) is 3.00. The van der Waals surface area contributed by atoms with Gasteiger partial charge in [-0.05, 0) is 66.0 Å². The van der Waals surface area contributed by atoms with Gasteiger partial charge in [0.05, 0.1) is 19.1 Å². The molecule has 0 aromatic heterocycles. The van der Waals surface area contributed by atoms with Crippen molar-refractivity contribution in [2.24, 2.45) is 0 Å². The molecule has 2 aromatic rings. The molecule has 1 saturated heterocycles. The lowest BCUT2D eigenvalue weighted by Gasteiger charge is -2.40. The highest BCUT2D eigenvalue weighted by Gasteiger charge is 2.46. The van der Waals surface area contributed by atoms with Crippen LogP contribution in [0.2, 0.25) is 0 Å². The van der Waals surface area contributed by atoms with Crippen LogP contribution in [0, 0.1) is 5.82 Å². The maximum Gasteiger partial charge on any atom is 0.303 e. The van der Waals surface area contributed by atoms with Gasteiger partial charge in [0.25, 0.3) is 5.91 Å².